The molecule has 0 unspecified atom stereocenters. The van der Waals surface area contributed by atoms with Crippen LogP contribution in [0.4, 0.5) is 11.4 Å². The van der Waals surface area contributed by atoms with Gasteiger partial charge in [0.15, 0.2) is 0 Å². The fourth-order valence-corrected chi connectivity index (χ4v) is 4.76. The fraction of sp³-hybridized carbons (Fsp3) is 0.174. The summed E-state index contributed by atoms with van der Waals surface area (Å²) in [6.07, 6.45) is 0. The normalized spacial score (nSPS) is 12.1. The third kappa shape index (κ3) is 6.02. The number of amides is 1. The number of para-hydroxylation sites is 1. The third-order valence-corrected chi connectivity index (χ3v) is 7.06. The summed E-state index contributed by atoms with van der Waals surface area (Å²) < 4.78 is 33.0. The Balaban J connectivity index is 1.62. The Morgan fingerprint density at radius 3 is 2.23 bits per heavy atom. The minimum atomic E-state index is -3.72. The summed E-state index contributed by atoms with van der Waals surface area (Å²) in [6.45, 7) is 3.65. The molecule has 0 saturated carbocycles. The van der Waals surface area contributed by atoms with E-state index in [0.717, 1.165) is 16.2 Å². The third-order valence-electron chi connectivity index (χ3n) is 4.56. The maximum Gasteiger partial charge on any atom is 0.261 e. The molecule has 0 saturated heterocycles. The number of aryl methyl sites for hydroxylation is 1. The van der Waals surface area contributed by atoms with E-state index >= 15 is 0 Å². The summed E-state index contributed by atoms with van der Waals surface area (Å²) in [5.41, 5.74) is 1.89. The van der Waals surface area contributed by atoms with Gasteiger partial charge in [-0.05, 0) is 74.0 Å². The smallest absolute Gasteiger partial charge is 0.261 e. The van der Waals surface area contributed by atoms with Crippen molar-refractivity contribution < 1.29 is 17.9 Å². The largest absolute Gasteiger partial charge is 0.497 e. The topological polar surface area (TPSA) is 84.5 Å². The number of hydrogen-bond donors (Lipinski definition) is 2. The predicted octanol–water partition coefficient (Wildman–Crippen LogP) is 4.92. The van der Waals surface area contributed by atoms with E-state index in [9.17, 15) is 13.2 Å². The van der Waals surface area contributed by atoms with Crippen LogP contribution in [0.15, 0.2) is 82.6 Å². The summed E-state index contributed by atoms with van der Waals surface area (Å²) in [6, 6.07) is 20.7. The van der Waals surface area contributed by atoms with Crippen LogP contribution < -0.4 is 14.8 Å². The number of thioether (sulfide) groups is 1. The highest BCUT2D eigenvalue weighted by Crippen LogP contribution is 2.26. The Kier molecular flexibility index (Phi) is 7.25. The Bertz CT molecular complexity index is 1140. The summed E-state index contributed by atoms with van der Waals surface area (Å²) >= 11 is 1.43. The minimum absolute atomic E-state index is 0.120. The first-order valence-electron chi connectivity index (χ1n) is 9.58. The summed E-state index contributed by atoms with van der Waals surface area (Å²) in [7, 11) is -2.12. The molecule has 0 fully saturated rings. The second kappa shape index (κ2) is 9.89. The maximum atomic E-state index is 12.6. The van der Waals surface area contributed by atoms with Crippen LogP contribution in [0.1, 0.15) is 12.5 Å². The van der Waals surface area contributed by atoms with Gasteiger partial charge in [0.05, 0.1) is 22.9 Å². The van der Waals surface area contributed by atoms with E-state index in [1.54, 1.807) is 31.4 Å². The van der Waals surface area contributed by atoms with Crippen LogP contribution >= 0.6 is 11.8 Å². The second-order valence-corrected chi connectivity index (χ2v) is 9.97. The number of benzene rings is 3. The Morgan fingerprint density at radius 1 is 0.968 bits per heavy atom. The molecule has 6 nitrogen and oxygen atoms in total. The van der Waals surface area contributed by atoms with Crippen molar-refractivity contribution in [3.05, 3.63) is 78.4 Å². The van der Waals surface area contributed by atoms with Crippen molar-refractivity contribution in [1.29, 1.82) is 0 Å². The van der Waals surface area contributed by atoms with Crippen molar-refractivity contribution >= 4 is 39.1 Å². The molecule has 162 valence electrons. The second-order valence-electron chi connectivity index (χ2n) is 6.87. The predicted molar refractivity (Wildman–Crippen MR) is 125 cm³/mol. The van der Waals surface area contributed by atoms with Gasteiger partial charge in [0.2, 0.25) is 5.91 Å². The molecule has 3 rings (SSSR count). The Labute approximate surface area is 187 Å². The van der Waals surface area contributed by atoms with E-state index in [4.69, 9.17) is 4.74 Å². The molecule has 3 aromatic carbocycles. The van der Waals surface area contributed by atoms with Gasteiger partial charge in [-0.1, -0.05) is 18.2 Å². The molecule has 1 amide bonds. The van der Waals surface area contributed by atoms with Gasteiger partial charge < -0.3 is 10.1 Å². The molecule has 0 bridgehead atoms. The van der Waals surface area contributed by atoms with Crippen LogP contribution in [-0.2, 0) is 14.8 Å². The van der Waals surface area contributed by atoms with Crippen molar-refractivity contribution in [1.82, 2.24) is 0 Å². The molecule has 0 aromatic heterocycles. The van der Waals surface area contributed by atoms with Gasteiger partial charge in [0.1, 0.15) is 5.75 Å². The zero-order chi connectivity index (χ0) is 22.4. The Hall–Kier alpha value is -2.97. The molecule has 0 aliphatic rings. The number of rotatable bonds is 8. The van der Waals surface area contributed by atoms with Gasteiger partial charge >= 0.3 is 0 Å². The molecule has 0 aliphatic heterocycles. The lowest BCUT2D eigenvalue weighted by Crippen LogP contribution is -2.22. The number of hydrogen-bond acceptors (Lipinski definition) is 5. The van der Waals surface area contributed by atoms with E-state index in [2.05, 4.69) is 10.0 Å². The van der Waals surface area contributed by atoms with Gasteiger partial charge in [-0.2, -0.15) is 0 Å². The summed E-state index contributed by atoms with van der Waals surface area (Å²) in [5.74, 6) is 0.586. The highest BCUT2D eigenvalue weighted by Gasteiger charge is 2.17. The van der Waals surface area contributed by atoms with Crippen LogP contribution in [0.3, 0.4) is 0 Å². The van der Waals surface area contributed by atoms with E-state index in [1.807, 2.05) is 50.2 Å². The lowest BCUT2D eigenvalue weighted by Gasteiger charge is -2.13. The van der Waals surface area contributed by atoms with Gasteiger partial charge in [-0.25, -0.2) is 8.42 Å². The zero-order valence-corrected chi connectivity index (χ0v) is 19.1. The number of anilines is 2. The van der Waals surface area contributed by atoms with Crippen LogP contribution in [0.2, 0.25) is 0 Å². The van der Waals surface area contributed by atoms with Crippen molar-refractivity contribution in [2.45, 2.75) is 28.9 Å². The SMILES string of the molecule is COc1ccc(S[C@H](C)C(=O)Nc2ccc(S(=O)(=O)Nc3ccccc3C)cc2)cc1. The van der Waals surface area contributed by atoms with E-state index in [1.165, 1.54) is 23.9 Å². The van der Waals surface area contributed by atoms with E-state index in [0.29, 0.717) is 11.4 Å². The highest BCUT2D eigenvalue weighted by atomic mass is 32.2. The van der Waals surface area contributed by atoms with Crippen LogP contribution in [0.25, 0.3) is 0 Å². The van der Waals surface area contributed by atoms with Crippen LogP contribution in [0, 0.1) is 6.92 Å². The molecule has 0 spiro atoms. The number of ether oxygens (including phenoxy) is 1. The monoisotopic (exact) mass is 456 g/mol. The molecule has 31 heavy (non-hydrogen) atoms. The molecular weight excluding hydrogens is 432 g/mol. The van der Waals surface area contributed by atoms with Crippen molar-refractivity contribution in [3.8, 4) is 5.75 Å². The molecule has 0 heterocycles. The molecule has 1 atom stereocenters. The highest BCUT2D eigenvalue weighted by molar-refractivity contribution is 8.00. The fourth-order valence-electron chi connectivity index (χ4n) is 2.76. The van der Waals surface area contributed by atoms with E-state index in [-0.39, 0.29) is 16.1 Å². The molecule has 0 radical (unpaired) electrons. The summed E-state index contributed by atoms with van der Waals surface area (Å²) in [5, 5.41) is 2.49. The van der Waals surface area contributed by atoms with Crippen molar-refractivity contribution in [3.63, 3.8) is 0 Å². The first kappa shape index (κ1) is 22.7. The van der Waals surface area contributed by atoms with Crippen LogP contribution in [-0.4, -0.2) is 26.7 Å². The zero-order valence-electron chi connectivity index (χ0n) is 17.5. The van der Waals surface area contributed by atoms with Crippen molar-refractivity contribution in [2.75, 3.05) is 17.1 Å². The van der Waals surface area contributed by atoms with Gasteiger partial charge in [-0.3, -0.25) is 9.52 Å². The van der Waals surface area contributed by atoms with Crippen molar-refractivity contribution in [2.24, 2.45) is 0 Å². The number of carbonyl (C=O) groups excluding carboxylic acids is 1. The Morgan fingerprint density at radius 2 is 1.61 bits per heavy atom. The number of sulfonamides is 1. The van der Waals surface area contributed by atoms with Gasteiger partial charge in [-0.15, -0.1) is 11.8 Å². The lowest BCUT2D eigenvalue weighted by atomic mass is 10.2. The maximum absolute atomic E-state index is 12.6. The molecule has 3 aromatic rings. The quantitative estimate of drug-likeness (QED) is 0.470. The average molecular weight is 457 g/mol. The summed E-state index contributed by atoms with van der Waals surface area (Å²) in [4.78, 5) is 13.6. The molecule has 8 heteroatoms. The van der Waals surface area contributed by atoms with Gasteiger partial charge in [0.25, 0.3) is 10.0 Å². The van der Waals surface area contributed by atoms with Crippen LogP contribution in [0.5, 0.6) is 5.75 Å². The first-order valence-corrected chi connectivity index (χ1v) is 11.9. The van der Waals surface area contributed by atoms with E-state index < -0.39 is 10.0 Å². The number of nitrogens with one attached hydrogen (secondary N) is 2. The number of carbonyl (C=O) groups is 1. The first-order chi connectivity index (χ1) is 14.8. The molecule has 2 N–H and O–H groups in total. The lowest BCUT2D eigenvalue weighted by molar-refractivity contribution is -0.115. The molecule has 0 aliphatic carbocycles. The average Bonchev–Trinajstić information content (AvgIpc) is 2.76. The number of methoxy groups -OCH3 is 1. The standard InChI is InChI=1S/C23H24N2O4S2/c1-16-6-4-5-7-22(16)25-31(27,28)21-14-8-18(9-15-21)24-23(26)17(2)30-20-12-10-19(29-3)11-13-20/h4-15,17,25H,1-3H3,(H,24,26)/t17-/m1/s1. The molecular formula is C23H24N2O4S2. The van der Waals surface area contributed by atoms with Gasteiger partial charge in [0, 0.05) is 10.6 Å². The minimum Gasteiger partial charge on any atom is -0.497 e.